The van der Waals surface area contributed by atoms with E-state index >= 15 is 0 Å². The molecule has 3 rings (SSSR count). The van der Waals surface area contributed by atoms with Crippen LogP contribution in [0.15, 0.2) is 16.6 Å². The summed E-state index contributed by atoms with van der Waals surface area (Å²) in [5, 5.41) is 3.37. The number of fused-ring (bicyclic) bond motifs is 1. The van der Waals surface area contributed by atoms with Gasteiger partial charge in [-0.3, -0.25) is 15.0 Å². The molecule has 8 nitrogen and oxygen atoms in total. The number of rotatable bonds is 4. The Morgan fingerprint density at radius 3 is 2.78 bits per heavy atom. The van der Waals surface area contributed by atoms with Gasteiger partial charge in [0, 0.05) is 4.47 Å². The van der Waals surface area contributed by atoms with Crippen LogP contribution in [0.3, 0.4) is 0 Å². The largest absolute Gasteiger partial charge is 0.487 e. The highest BCUT2D eigenvalue weighted by atomic mass is 79.9. The van der Waals surface area contributed by atoms with Crippen LogP contribution in [0.4, 0.5) is 10.5 Å². The van der Waals surface area contributed by atoms with Crippen LogP contribution in [0.1, 0.15) is 32.8 Å². The third-order valence-electron chi connectivity index (χ3n) is 4.93. The second kappa shape index (κ2) is 7.03. The maximum Gasteiger partial charge on any atom is 0.344 e. The van der Waals surface area contributed by atoms with Crippen LogP contribution in [0.25, 0.3) is 0 Å². The Bertz CT molecular complexity index is 815. The van der Waals surface area contributed by atoms with Crippen LogP contribution in [-0.4, -0.2) is 47.6 Å². The molecule has 27 heavy (non-hydrogen) atoms. The summed E-state index contributed by atoms with van der Waals surface area (Å²) in [5.74, 6) is -0.205. The lowest BCUT2D eigenvalue weighted by molar-refractivity contribution is -0.138. The van der Waals surface area contributed by atoms with Gasteiger partial charge >= 0.3 is 6.03 Å². The zero-order chi connectivity index (χ0) is 19.9. The molecular weight excluding hydrogens is 416 g/mol. The maximum absolute atomic E-state index is 12.5. The zero-order valence-corrected chi connectivity index (χ0v) is 17.3. The minimum atomic E-state index is -0.993. The zero-order valence-electron chi connectivity index (χ0n) is 15.8. The number of imide groups is 1. The number of nitrogens with one attached hydrogen (secondary N) is 2. The number of hydrogen-bond donors (Lipinski definition) is 2. The van der Waals surface area contributed by atoms with E-state index in [0.29, 0.717) is 18.7 Å². The Hall–Kier alpha value is -2.29. The van der Waals surface area contributed by atoms with Crippen LogP contribution in [0.5, 0.6) is 5.75 Å². The Morgan fingerprint density at radius 2 is 2.15 bits per heavy atom. The van der Waals surface area contributed by atoms with Crippen molar-refractivity contribution in [2.45, 2.75) is 45.8 Å². The summed E-state index contributed by atoms with van der Waals surface area (Å²) in [7, 11) is 0. The molecule has 1 saturated heterocycles. The smallest absolute Gasteiger partial charge is 0.344 e. The number of hydrazine groups is 1. The van der Waals surface area contributed by atoms with Gasteiger partial charge < -0.3 is 15.0 Å². The van der Waals surface area contributed by atoms with Crippen molar-refractivity contribution in [2.24, 2.45) is 0 Å². The van der Waals surface area contributed by atoms with E-state index in [1.807, 2.05) is 30.9 Å². The summed E-state index contributed by atoms with van der Waals surface area (Å²) >= 11 is 3.50. The molecule has 4 amide bonds. The van der Waals surface area contributed by atoms with Crippen molar-refractivity contribution in [3.63, 3.8) is 0 Å². The fourth-order valence-corrected chi connectivity index (χ4v) is 3.49. The van der Waals surface area contributed by atoms with Crippen molar-refractivity contribution < 1.29 is 19.1 Å². The number of benzene rings is 1. The first-order chi connectivity index (χ1) is 12.6. The van der Waals surface area contributed by atoms with E-state index in [1.54, 1.807) is 13.8 Å². The van der Waals surface area contributed by atoms with Crippen LogP contribution >= 0.6 is 15.9 Å². The van der Waals surface area contributed by atoms with Gasteiger partial charge in [0.15, 0.2) is 0 Å². The van der Waals surface area contributed by atoms with Gasteiger partial charge in [-0.1, -0.05) is 22.9 Å². The second-order valence-electron chi connectivity index (χ2n) is 7.17. The summed E-state index contributed by atoms with van der Waals surface area (Å²) in [5.41, 5.74) is 3.25. The molecule has 9 heteroatoms. The third-order valence-corrected chi connectivity index (χ3v) is 5.78. The number of carbonyl (C=O) groups is 3. The molecule has 2 aliphatic rings. The highest BCUT2D eigenvalue weighted by Crippen LogP contribution is 2.37. The summed E-state index contributed by atoms with van der Waals surface area (Å²) in [6.45, 7) is 7.84. The topological polar surface area (TPSA) is 91.0 Å². The summed E-state index contributed by atoms with van der Waals surface area (Å²) < 4.78 is 6.78. The van der Waals surface area contributed by atoms with Gasteiger partial charge in [0.2, 0.25) is 0 Å². The van der Waals surface area contributed by atoms with Gasteiger partial charge in [-0.15, -0.1) is 0 Å². The molecule has 1 aromatic carbocycles. The lowest BCUT2D eigenvalue weighted by Gasteiger charge is -2.35. The number of hydrogen-bond acceptors (Lipinski definition) is 5. The van der Waals surface area contributed by atoms with Crippen LogP contribution < -0.4 is 20.4 Å². The third kappa shape index (κ3) is 3.60. The molecule has 1 fully saturated rings. The first-order valence-corrected chi connectivity index (χ1v) is 9.62. The molecule has 146 valence electrons. The minimum absolute atomic E-state index is 0.00387. The predicted molar refractivity (Wildman–Crippen MR) is 103 cm³/mol. The van der Waals surface area contributed by atoms with Crippen molar-refractivity contribution in [3.8, 4) is 5.75 Å². The molecule has 0 aliphatic carbocycles. The molecule has 0 saturated carbocycles. The highest BCUT2D eigenvalue weighted by Gasteiger charge is 2.47. The van der Waals surface area contributed by atoms with Crippen molar-refractivity contribution in [1.29, 1.82) is 0 Å². The molecule has 2 aliphatic heterocycles. The SMILES string of the molecule is CC[C@@]1(C)NC(=O)N(NC(=O)CN2C[C@@H](C)Oc3cc(C)c(Br)cc32)C1=O. The van der Waals surface area contributed by atoms with Crippen LogP contribution in [-0.2, 0) is 9.59 Å². The van der Waals surface area contributed by atoms with Crippen molar-refractivity contribution in [1.82, 2.24) is 15.8 Å². The Labute approximate surface area is 166 Å². The molecule has 0 bridgehead atoms. The lowest BCUT2D eigenvalue weighted by atomic mass is 10.00. The highest BCUT2D eigenvalue weighted by molar-refractivity contribution is 9.10. The Kier molecular flexibility index (Phi) is 5.07. The number of amides is 4. The molecule has 1 aromatic rings. The summed E-state index contributed by atoms with van der Waals surface area (Å²) in [6, 6.07) is 3.21. The van der Waals surface area contributed by atoms with Crippen molar-refractivity contribution >= 4 is 39.5 Å². The number of nitrogens with zero attached hydrogens (tertiary/aromatic N) is 2. The number of aryl methyl sites for hydroxylation is 1. The van der Waals surface area contributed by atoms with Gasteiger partial charge in [-0.25, -0.2) is 4.79 Å². The van der Waals surface area contributed by atoms with Gasteiger partial charge in [0.25, 0.3) is 11.8 Å². The second-order valence-corrected chi connectivity index (χ2v) is 8.02. The minimum Gasteiger partial charge on any atom is -0.487 e. The van der Waals surface area contributed by atoms with E-state index in [9.17, 15) is 14.4 Å². The van der Waals surface area contributed by atoms with Crippen molar-refractivity contribution in [2.75, 3.05) is 18.0 Å². The molecule has 2 atom stereocenters. The van der Waals surface area contributed by atoms with Crippen molar-refractivity contribution in [3.05, 3.63) is 22.2 Å². The number of carbonyl (C=O) groups excluding carboxylic acids is 3. The summed E-state index contributed by atoms with van der Waals surface area (Å²) in [6.07, 6.45) is 0.344. The normalized spacial score (nSPS) is 24.4. The fraction of sp³-hybridized carbons (Fsp3) is 0.500. The maximum atomic E-state index is 12.5. The number of ether oxygens (including phenoxy) is 1. The predicted octanol–water partition coefficient (Wildman–Crippen LogP) is 2.10. The molecule has 0 aromatic heterocycles. The van der Waals surface area contributed by atoms with E-state index in [0.717, 1.165) is 20.7 Å². The molecule has 0 radical (unpaired) electrons. The molecule has 2 heterocycles. The van der Waals surface area contributed by atoms with E-state index in [2.05, 4.69) is 26.7 Å². The molecule has 0 unspecified atom stereocenters. The van der Waals surface area contributed by atoms with E-state index in [-0.39, 0.29) is 12.6 Å². The van der Waals surface area contributed by atoms with E-state index < -0.39 is 23.4 Å². The Morgan fingerprint density at radius 1 is 1.44 bits per heavy atom. The Balaban J connectivity index is 1.75. The lowest BCUT2D eigenvalue weighted by Crippen LogP contribution is -2.52. The van der Waals surface area contributed by atoms with E-state index in [4.69, 9.17) is 4.74 Å². The standard InChI is InChI=1S/C18H23BrN4O4/c1-5-18(4)16(25)23(17(26)20-18)21-15(24)9-22-8-11(3)27-14-6-10(2)12(19)7-13(14)22/h6-7,11H,5,8-9H2,1-4H3,(H,20,26)(H,21,24)/t11-,18-/m1/s1. The van der Waals surface area contributed by atoms with Gasteiger partial charge in [0.1, 0.15) is 17.4 Å². The average Bonchev–Trinajstić information content (AvgIpc) is 2.80. The first-order valence-electron chi connectivity index (χ1n) is 8.82. The molecular formula is C18H23BrN4O4. The van der Waals surface area contributed by atoms with E-state index in [1.165, 1.54) is 0 Å². The average molecular weight is 439 g/mol. The van der Waals surface area contributed by atoms with Gasteiger partial charge in [-0.05, 0) is 44.9 Å². The number of urea groups is 1. The monoisotopic (exact) mass is 438 g/mol. The number of halogens is 1. The van der Waals surface area contributed by atoms with Gasteiger partial charge in [-0.2, -0.15) is 5.01 Å². The molecule has 2 N–H and O–H groups in total. The fourth-order valence-electron chi connectivity index (χ4n) is 3.16. The van der Waals surface area contributed by atoms with Crippen LogP contribution in [0, 0.1) is 6.92 Å². The van der Waals surface area contributed by atoms with Gasteiger partial charge in [0.05, 0.1) is 18.8 Å². The quantitative estimate of drug-likeness (QED) is 0.702. The van der Waals surface area contributed by atoms with Crippen LogP contribution in [0.2, 0.25) is 0 Å². The number of anilines is 1. The summed E-state index contributed by atoms with van der Waals surface area (Å²) in [4.78, 5) is 38.9. The molecule has 0 spiro atoms. The first kappa shape index (κ1) is 19.5.